The Morgan fingerprint density at radius 2 is 1.77 bits per heavy atom. The van der Waals surface area contributed by atoms with Gasteiger partial charge in [0.15, 0.2) is 0 Å². The SMILES string of the molecule is Cn1c(=O)[nH]c(=O)c2c(C3C(=O)Nc4ccc(Cl)cc43)c(-c3ccc(F)cc3)[nH]c21. The summed E-state index contributed by atoms with van der Waals surface area (Å²) < 4.78 is 14.8. The van der Waals surface area contributed by atoms with Gasteiger partial charge < -0.3 is 10.3 Å². The Kier molecular flexibility index (Phi) is 3.94. The van der Waals surface area contributed by atoms with E-state index in [9.17, 15) is 18.8 Å². The van der Waals surface area contributed by atoms with Gasteiger partial charge in [0.2, 0.25) is 5.91 Å². The van der Waals surface area contributed by atoms with E-state index >= 15 is 0 Å². The highest BCUT2D eigenvalue weighted by atomic mass is 35.5. The Labute approximate surface area is 173 Å². The van der Waals surface area contributed by atoms with Crippen LogP contribution in [0.4, 0.5) is 10.1 Å². The first-order valence-corrected chi connectivity index (χ1v) is 9.44. The topological polar surface area (TPSA) is 99.8 Å². The molecule has 30 heavy (non-hydrogen) atoms. The van der Waals surface area contributed by atoms with Crippen molar-refractivity contribution < 1.29 is 9.18 Å². The summed E-state index contributed by atoms with van der Waals surface area (Å²) in [6.07, 6.45) is 0. The number of anilines is 1. The molecule has 7 nitrogen and oxygen atoms in total. The molecule has 0 aliphatic carbocycles. The fourth-order valence-electron chi connectivity index (χ4n) is 3.98. The van der Waals surface area contributed by atoms with Crippen molar-refractivity contribution in [1.82, 2.24) is 14.5 Å². The monoisotopic (exact) mass is 424 g/mol. The largest absolute Gasteiger partial charge is 0.340 e. The number of hydrogen-bond acceptors (Lipinski definition) is 3. The fraction of sp³-hybridized carbons (Fsp3) is 0.0952. The van der Waals surface area contributed by atoms with E-state index in [2.05, 4.69) is 15.3 Å². The number of nitrogens with one attached hydrogen (secondary N) is 3. The summed E-state index contributed by atoms with van der Waals surface area (Å²) in [4.78, 5) is 43.3. The Morgan fingerprint density at radius 1 is 1.03 bits per heavy atom. The molecular weight excluding hydrogens is 411 g/mol. The van der Waals surface area contributed by atoms with E-state index in [1.54, 1.807) is 30.3 Å². The first-order valence-electron chi connectivity index (χ1n) is 9.06. The van der Waals surface area contributed by atoms with Crippen LogP contribution in [0.25, 0.3) is 22.3 Å². The maximum absolute atomic E-state index is 13.5. The molecule has 3 heterocycles. The summed E-state index contributed by atoms with van der Waals surface area (Å²) in [7, 11) is 1.51. The van der Waals surface area contributed by atoms with Gasteiger partial charge in [0, 0.05) is 23.3 Å². The lowest BCUT2D eigenvalue weighted by atomic mass is 9.89. The normalized spacial score (nSPS) is 15.4. The van der Waals surface area contributed by atoms with E-state index in [1.807, 2.05) is 0 Å². The van der Waals surface area contributed by atoms with Crippen LogP contribution < -0.4 is 16.6 Å². The second-order valence-corrected chi connectivity index (χ2v) is 7.55. The van der Waals surface area contributed by atoms with Crippen molar-refractivity contribution in [3.8, 4) is 11.3 Å². The van der Waals surface area contributed by atoms with Gasteiger partial charge in [0.1, 0.15) is 11.5 Å². The van der Waals surface area contributed by atoms with E-state index in [0.717, 1.165) is 0 Å². The molecule has 2 aromatic heterocycles. The molecule has 9 heteroatoms. The summed E-state index contributed by atoms with van der Waals surface area (Å²) >= 11 is 6.17. The maximum Gasteiger partial charge on any atom is 0.329 e. The number of hydrogen-bond donors (Lipinski definition) is 3. The highest BCUT2D eigenvalue weighted by Gasteiger charge is 2.37. The molecule has 150 valence electrons. The van der Waals surface area contributed by atoms with Crippen molar-refractivity contribution in [3.63, 3.8) is 0 Å². The van der Waals surface area contributed by atoms with Gasteiger partial charge in [0.05, 0.1) is 17.0 Å². The average Bonchev–Trinajstić information content (AvgIpc) is 3.24. The van der Waals surface area contributed by atoms with E-state index < -0.39 is 23.0 Å². The van der Waals surface area contributed by atoms with Gasteiger partial charge in [-0.15, -0.1) is 0 Å². The lowest BCUT2D eigenvalue weighted by molar-refractivity contribution is -0.116. The first kappa shape index (κ1) is 18.4. The van der Waals surface area contributed by atoms with Crippen molar-refractivity contribution >= 4 is 34.2 Å². The van der Waals surface area contributed by atoms with Crippen LogP contribution in [0.1, 0.15) is 17.0 Å². The second-order valence-electron chi connectivity index (χ2n) is 7.12. The van der Waals surface area contributed by atoms with Crippen molar-refractivity contribution in [2.24, 2.45) is 7.05 Å². The van der Waals surface area contributed by atoms with Crippen LogP contribution in [0.2, 0.25) is 5.02 Å². The minimum atomic E-state index is -0.842. The summed E-state index contributed by atoms with van der Waals surface area (Å²) in [6.45, 7) is 0. The number of aryl methyl sites for hydroxylation is 1. The Bertz CT molecular complexity index is 1470. The number of aromatic amines is 2. The van der Waals surface area contributed by atoms with Crippen molar-refractivity contribution in [3.05, 3.63) is 85.3 Å². The van der Waals surface area contributed by atoms with Gasteiger partial charge in [0.25, 0.3) is 5.56 Å². The molecule has 1 aliphatic heterocycles. The summed E-state index contributed by atoms with van der Waals surface area (Å²) in [5.74, 6) is -1.59. The number of carbonyl (C=O) groups is 1. The van der Waals surface area contributed by atoms with E-state index in [1.165, 1.54) is 23.7 Å². The number of nitrogens with zero attached hydrogens (tertiary/aromatic N) is 1. The van der Waals surface area contributed by atoms with Crippen molar-refractivity contribution in [2.75, 3.05) is 5.32 Å². The Balaban J connectivity index is 1.91. The Morgan fingerprint density at radius 3 is 2.50 bits per heavy atom. The third-order valence-corrected chi connectivity index (χ3v) is 5.61. The Hall–Kier alpha value is -3.65. The molecule has 3 N–H and O–H groups in total. The molecule has 1 aliphatic rings. The molecule has 0 saturated heterocycles. The zero-order valence-electron chi connectivity index (χ0n) is 15.5. The van der Waals surface area contributed by atoms with E-state index in [4.69, 9.17) is 11.6 Å². The number of amides is 1. The summed E-state index contributed by atoms with van der Waals surface area (Å²) in [5, 5.41) is 3.44. The fourth-order valence-corrected chi connectivity index (χ4v) is 4.16. The van der Waals surface area contributed by atoms with Crippen LogP contribution in [0.3, 0.4) is 0 Å². The second kappa shape index (κ2) is 6.43. The van der Waals surface area contributed by atoms with Crippen LogP contribution >= 0.6 is 11.6 Å². The number of fused-ring (bicyclic) bond motifs is 2. The molecular formula is C21H14ClFN4O3. The van der Waals surface area contributed by atoms with Gasteiger partial charge in [-0.1, -0.05) is 11.6 Å². The van der Waals surface area contributed by atoms with Crippen LogP contribution in [0.15, 0.2) is 52.1 Å². The highest BCUT2D eigenvalue weighted by molar-refractivity contribution is 6.31. The quantitative estimate of drug-likeness (QED) is 0.461. The number of carbonyl (C=O) groups excluding carboxylic acids is 1. The van der Waals surface area contributed by atoms with Crippen molar-refractivity contribution in [1.29, 1.82) is 0 Å². The predicted molar refractivity (Wildman–Crippen MR) is 111 cm³/mol. The highest BCUT2D eigenvalue weighted by Crippen LogP contribution is 2.44. The van der Waals surface area contributed by atoms with Gasteiger partial charge >= 0.3 is 5.69 Å². The number of H-pyrrole nitrogens is 2. The maximum atomic E-state index is 13.5. The van der Waals surface area contributed by atoms with Gasteiger partial charge in [-0.25, -0.2) is 9.18 Å². The summed E-state index contributed by atoms with van der Waals surface area (Å²) in [5.41, 5.74) is 1.68. The van der Waals surface area contributed by atoms with Crippen LogP contribution in [-0.4, -0.2) is 20.4 Å². The average molecular weight is 425 g/mol. The smallest absolute Gasteiger partial charge is 0.329 e. The van der Waals surface area contributed by atoms with Gasteiger partial charge in [-0.05, 0) is 53.6 Å². The predicted octanol–water partition coefficient (Wildman–Crippen LogP) is 3.10. The molecule has 0 bridgehead atoms. The molecule has 0 spiro atoms. The first-order chi connectivity index (χ1) is 14.3. The van der Waals surface area contributed by atoms with Gasteiger partial charge in [-0.2, -0.15) is 0 Å². The third-order valence-electron chi connectivity index (χ3n) is 5.37. The van der Waals surface area contributed by atoms with Crippen LogP contribution in [0, 0.1) is 5.82 Å². The molecule has 2 aromatic carbocycles. The molecule has 5 rings (SSSR count). The standard InChI is InChI=1S/C21H14ClFN4O3/c1-27-18-16(20(29)26-21(27)30)15(17(25-18)9-2-5-11(23)6-3-9)14-12-8-10(22)4-7-13(12)24-19(14)28/h2-8,14,25H,1H3,(H,24,28)(H,26,29,30). The number of aromatic nitrogens is 3. The zero-order valence-corrected chi connectivity index (χ0v) is 16.3. The number of benzene rings is 2. The van der Waals surface area contributed by atoms with E-state index in [0.29, 0.717) is 33.1 Å². The molecule has 1 atom stereocenters. The van der Waals surface area contributed by atoms with Crippen LogP contribution in [-0.2, 0) is 11.8 Å². The lowest BCUT2D eigenvalue weighted by Crippen LogP contribution is -2.28. The zero-order chi connectivity index (χ0) is 21.2. The third kappa shape index (κ3) is 2.61. The number of rotatable bonds is 2. The molecule has 1 amide bonds. The van der Waals surface area contributed by atoms with Crippen LogP contribution in [0.5, 0.6) is 0 Å². The molecule has 0 radical (unpaired) electrons. The minimum Gasteiger partial charge on any atom is -0.340 e. The van der Waals surface area contributed by atoms with E-state index in [-0.39, 0.29) is 16.9 Å². The van der Waals surface area contributed by atoms with Crippen molar-refractivity contribution in [2.45, 2.75) is 5.92 Å². The number of halogens is 2. The molecule has 1 unspecified atom stereocenters. The summed E-state index contributed by atoms with van der Waals surface area (Å²) in [6, 6.07) is 10.7. The molecule has 4 aromatic rings. The minimum absolute atomic E-state index is 0.185. The molecule has 0 fully saturated rings. The van der Waals surface area contributed by atoms with Gasteiger partial charge in [-0.3, -0.25) is 19.1 Å². The lowest BCUT2D eigenvalue weighted by Gasteiger charge is -2.12. The molecule has 0 saturated carbocycles.